The third kappa shape index (κ3) is 5.91. The van der Waals surface area contributed by atoms with E-state index in [2.05, 4.69) is 15.4 Å². The maximum atomic E-state index is 15.2. The van der Waals surface area contributed by atoms with Crippen LogP contribution in [-0.4, -0.2) is 49.2 Å². The number of carbonyl (C=O) groups is 3. The molecule has 0 aliphatic heterocycles. The summed E-state index contributed by atoms with van der Waals surface area (Å²) in [4.78, 5) is 41.6. The van der Waals surface area contributed by atoms with Gasteiger partial charge in [0.15, 0.2) is 11.5 Å². The summed E-state index contributed by atoms with van der Waals surface area (Å²) in [5, 5.41) is 15.3. The number of amides is 1. The SMILES string of the molecule is Cc1cc(Cl)c(C(=O)CC(NC(=O)c2cnn(C3CCC(C)(C(=O)O)CC3)c2C(F)(F)F)C2(F)CC2)c(Cl)n1. The molecule has 2 aromatic rings. The van der Waals surface area contributed by atoms with Crippen LogP contribution < -0.4 is 5.32 Å². The van der Waals surface area contributed by atoms with Gasteiger partial charge in [-0.15, -0.1) is 0 Å². The van der Waals surface area contributed by atoms with E-state index in [0.29, 0.717) is 10.4 Å². The lowest BCUT2D eigenvalue weighted by atomic mass is 9.74. The summed E-state index contributed by atoms with van der Waals surface area (Å²) in [6.07, 6.45) is -4.29. The normalized spacial score (nSPS) is 23.2. The molecule has 2 aliphatic carbocycles. The third-order valence-corrected chi connectivity index (χ3v) is 8.18. The number of Topliss-reactive ketones (excluding diaryl/α,β-unsaturated/α-hetero) is 1. The number of ketones is 1. The molecule has 39 heavy (non-hydrogen) atoms. The fourth-order valence-electron chi connectivity index (χ4n) is 4.99. The van der Waals surface area contributed by atoms with Crippen LogP contribution in [0.2, 0.25) is 10.2 Å². The topological polar surface area (TPSA) is 114 Å². The summed E-state index contributed by atoms with van der Waals surface area (Å²) < 4.78 is 58.4. The summed E-state index contributed by atoms with van der Waals surface area (Å²) >= 11 is 12.2. The molecule has 2 saturated carbocycles. The minimum absolute atomic E-state index is 0.00858. The lowest BCUT2D eigenvalue weighted by molar-refractivity contribution is -0.152. The van der Waals surface area contributed by atoms with Crippen molar-refractivity contribution in [3.05, 3.63) is 45.0 Å². The first-order valence-electron chi connectivity index (χ1n) is 12.3. The number of carbonyl (C=O) groups excluding carboxylic acids is 2. The van der Waals surface area contributed by atoms with Crippen LogP contribution in [0.15, 0.2) is 12.3 Å². The standard InChI is InChI=1S/C25H26Cl2F4N4O4/c1-12-9-15(26)18(20(27)33-12)16(36)10-17(24(28)7-8-24)34-21(37)14-11-32-35(19(14)25(29,30)31)13-3-5-23(2,6-4-13)22(38)39/h9,11,13,17H,3-8,10H2,1-2H3,(H,34,37)(H,38,39). The van der Waals surface area contributed by atoms with Gasteiger partial charge in [-0.3, -0.25) is 19.1 Å². The Morgan fingerprint density at radius 2 is 1.82 bits per heavy atom. The van der Waals surface area contributed by atoms with Crippen LogP contribution in [-0.2, 0) is 11.0 Å². The lowest BCUT2D eigenvalue weighted by Gasteiger charge is -2.34. The Morgan fingerprint density at radius 1 is 1.21 bits per heavy atom. The van der Waals surface area contributed by atoms with Gasteiger partial charge in [-0.25, -0.2) is 9.37 Å². The Labute approximate surface area is 231 Å². The van der Waals surface area contributed by atoms with Crippen molar-refractivity contribution >= 4 is 40.9 Å². The number of carboxylic acid groups (broad SMARTS) is 1. The van der Waals surface area contributed by atoms with Crippen molar-refractivity contribution in [3.8, 4) is 0 Å². The van der Waals surface area contributed by atoms with Crippen LogP contribution in [0.1, 0.15) is 90.0 Å². The smallest absolute Gasteiger partial charge is 0.433 e. The van der Waals surface area contributed by atoms with E-state index in [4.69, 9.17) is 23.2 Å². The van der Waals surface area contributed by atoms with E-state index >= 15 is 4.39 Å². The van der Waals surface area contributed by atoms with E-state index in [1.165, 1.54) is 13.0 Å². The van der Waals surface area contributed by atoms with Crippen molar-refractivity contribution in [1.82, 2.24) is 20.1 Å². The van der Waals surface area contributed by atoms with E-state index in [0.717, 1.165) is 6.20 Å². The molecular formula is C25H26Cl2F4N4O4. The van der Waals surface area contributed by atoms with Crippen LogP contribution in [0.3, 0.4) is 0 Å². The predicted octanol–water partition coefficient (Wildman–Crippen LogP) is 5.99. The fraction of sp³-hybridized carbons (Fsp3) is 0.560. The molecule has 1 atom stereocenters. The summed E-state index contributed by atoms with van der Waals surface area (Å²) in [7, 11) is 0. The molecular weight excluding hydrogens is 567 g/mol. The van der Waals surface area contributed by atoms with Crippen LogP contribution in [0.25, 0.3) is 0 Å². The highest BCUT2D eigenvalue weighted by molar-refractivity contribution is 6.39. The van der Waals surface area contributed by atoms with Crippen molar-refractivity contribution in [2.75, 3.05) is 0 Å². The summed E-state index contributed by atoms with van der Waals surface area (Å²) in [6, 6.07) is -0.825. The molecule has 212 valence electrons. The largest absolute Gasteiger partial charge is 0.481 e. The number of nitrogens with one attached hydrogen (secondary N) is 1. The first kappa shape index (κ1) is 29.3. The minimum atomic E-state index is -4.98. The Hall–Kier alpha value is -2.73. The van der Waals surface area contributed by atoms with Crippen LogP contribution in [0.4, 0.5) is 17.6 Å². The van der Waals surface area contributed by atoms with Crippen LogP contribution in [0, 0.1) is 12.3 Å². The van der Waals surface area contributed by atoms with Gasteiger partial charge in [0.1, 0.15) is 10.8 Å². The van der Waals surface area contributed by atoms with Crippen molar-refractivity contribution < 1.29 is 37.1 Å². The van der Waals surface area contributed by atoms with E-state index in [-0.39, 0.29) is 54.3 Å². The molecule has 2 aromatic heterocycles. The molecule has 1 unspecified atom stereocenters. The highest BCUT2D eigenvalue weighted by Crippen LogP contribution is 2.46. The van der Waals surface area contributed by atoms with Gasteiger partial charge in [-0.1, -0.05) is 23.2 Å². The number of aryl methyl sites for hydroxylation is 1. The summed E-state index contributed by atoms with van der Waals surface area (Å²) in [5.41, 5.74) is -4.89. The maximum absolute atomic E-state index is 15.2. The Bertz CT molecular complexity index is 1290. The Balaban J connectivity index is 1.58. The average Bonchev–Trinajstić information content (AvgIpc) is 3.40. The molecule has 2 fully saturated rings. The molecule has 0 spiro atoms. The summed E-state index contributed by atoms with van der Waals surface area (Å²) in [6.45, 7) is 3.14. The molecule has 2 aliphatic rings. The number of halogens is 6. The second-order valence-electron chi connectivity index (χ2n) is 10.5. The highest BCUT2D eigenvalue weighted by Gasteiger charge is 2.52. The zero-order valence-corrected chi connectivity index (χ0v) is 22.6. The second kappa shape index (κ2) is 10.3. The number of pyridine rings is 1. The molecule has 14 heteroatoms. The van der Waals surface area contributed by atoms with Gasteiger partial charge in [0.05, 0.1) is 39.8 Å². The van der Waals surface area contributed by atoms with Gasteiger partial charge in [-0.2, -0.15) is 18.3 Å². The van der Waals surface area contributed by atoms with Gasteiger partial charge in [0.25, 0.3) is 5.91 Å². The van der Waals surface area contributed by atoms with E-state index in [1.807, 2.05) is 0 Å². The van der Waals surface area contributed by atoms with Gasteiger partial charge in [-0.05, 0) is 58.4 Å². The number of alkyl halides is 4. The monoisotopic (exact) mass is 592 g/mol. The second-order valence-corrected chi connectivity index (χ2v) is 11.3. The van der Waals surface area contributed by atoms with Crippen molar-refractivity contribution in [2.24, 2.45) is 5.41 Å². The van der Waals surface area contributed by atoms with Gasteiger partial charge < -0.3 is 10.4 Å². The fourth-order valence-corrected chi connectivity index (χ4v) is 5.73. The molecule has 0 radical (unpaired) electrons. The number of aliphatic carboxylic acids is 1. The Kier molecular flexibility index (Phi) is 7.76. The number of hydrogen-bond acceptors (Lipinski definition) is 5. The molecule has 2 heterocycles. The van der Waals surface area contributed by atoms with Crippen molar-refractivity contribution in [1.29, 1.82) is 0 Å². The quantitative estimate of drug-likeness (QED) is 0.221. The van der Waals surface area contributed by atoms with Gasteiger partial charge >= 0.3 is 12.1 Å². The molecule has 2 N–H and O–H groups in total. The predicted molar refractivity (Wildman–Crippen MR) is 133 cm³/mol. The maximum Gasteiger partial charge on any atom is 0.433 e. The number of carboxylic acids is 1. The first-order valence-corrected chi connectivity index (χ1v) is 13.0. The molecule has 0 aromatic carbocycles. The van der Waals surface area contributed by atoms with Crippen molar-refractivity contribution in [3.63, 3.8) is 0 Å². The minimum Gasteiger partial charge on any atom is -0.481 e. The molecule has 1 amide bonds. The number of nitrogens with zero attached hydrogens (tertiary/aromatic N) is 3. The summed E-state index contributed by atoms with van der Waals surface area (Å²) in [5.74, 6) is -2.98. The number of rotatable bonds is 8. The molecule has 4 rings (SSSR count). The number of aromatic nitrogens is 3. The van der Waals surface area contributed by atoms with Crippen LogP contribution >= 0.6 is 23.2 Å². The third-order valence-electron chi connectivity index (χ3n) is 7.61. The zero-order valence-electron chi connectivity index (χ0n) is 21.0. The first-order chi connectivity index (χ1) is 18.1. The highest BCUT2D eigenvalue weighted by atomic mass is 35.5. The van der Waals surface area contributed by atoms with Gasteiger partial charge in [0.2, 0.25) is 0 Å². The van der Waals surface area contributed by atoms with Gasteiger partial charge in [0, 0.05) is 12.1 Å². The molecule has 0 bridgehead atoms. The van der Waals surface area contributed by atoms with E-state index in [9.17, 15) is 32.7 Å². The van der Waals surface area contributed by atoms with E-state index < -0.39 is 64.7 Å². The Morgan fingerprint density at radius 3 is 2.33 bits per heavy atom. The van der Waals surface area contributed by atoms with E-state index in [1.54, 1.807) is 6.92 Å². The zero-order chi connectivity index (χ0) is 28.9. The van der Waals surface area contributed by atoms with Crippen LogP contribution in [0.5, 0.6) is 0 Å². The lowest BCUT2D eigenvalue weighted by Crippen LogP contribution is -2.45. The number of hydrogen-bond donors (Lipinski definition) is 2. The molecule has 8 nitrogen and oxygen atoms in total. The molecule has 0 saturated heterocycles. The average molecular weight is 593 g/mol. The van der Waals surface area contributed by atoms with Crippen molar-refractivity contribution in [2.45, 2.75) is 82.7 Å².